The average molecular weight is 625 g/mol. The molecule has 3 rings (SSSR count). The molecule has 0 saturated carbocycles. The lowest BCUT2D eigenvalue weighted by atomic mass is 9.94. The van der Waals surface area contributed by atoms with Crippen LogP contribution >= 0.6 is 58.0 Å². The fourth-order valence-electron chi connectivity index (χ4n) is 3.28. The maximum absolute atomic E-state index is 12.7. The number of phenolic OH excluding ortho intramolecular Hbond substituents is 3. The van der Waals surface area contributed by atoms with Gasteiger partial charge < -0.3 is 29.9 Å². The van der Waals surface area contributed by atoms with Crippen LogP contribution < -0.4 is 4.74 Å². The van der Waals surface area contributed by atoms with Crippen LogP contribution in [0.3, 0.4) is 0 Å². The number of carboxylic acids is 1. The van der Waals surface area contributed by atoms with Crippen molar-refractivity contribution < 1.29 is 44.3 Å². The summed E-state index contributed by atoms with van der Waals surface area (Å²) in [6.45, 7) is 0.966. The van der Waals surface area contributed by atoms with Crippen molar-refractivity contribution in [2.45, 2.75) is 12.8 Å². The van der Waals surface area contributed by atoms with E-state index in [1.807, 2.05) is 0 Å². The van der Waals surface area contributed by atoms with Crippen molar-refractivity contribution in [3.8, 4) is 23.0 Å². The second-order valence-corrected chi connectivity index (χ2v) is 9.72. The van der Waals surface area contributed by atoms with Crippen molar-refractivity contribution in [3.63, 3.8) is 0 Å². The molecule has 0 aliphatic heterocycles. The van der Waals surface area contributed by atoms with Gasteiger partial charge in [-0.2, -0.15) is 0 Å². The predicted octanol–water partition coefficient (Wildman–Crippen LogP) is 6.95. The maximum Gasteiger partial charge on any atom is 0.343 e. The first-order valence-corrected chi connectivity index (χ1v) is 12.2. The van der Waals surface area contributed by atoms with Crippen molar-refractivity contribution >= 4 is 75.9 Å². The van der Waals surface area contributed by atoms with Crippen LogP contribution in [0.5, 0.6) is 23.0 Å². The van der Waals surface area contributed by atoms with Gasteiger partial charge in [-0.05, 0) is 35.9 Å². The van der Waals surface area contributed by atoms with E-state index in [2.05, 4.69) is 0 Å². The van der Waals surface area contributed by atoms with Crippen LogP contribution in [0.15, 0.2) is 30.3 Å². The topological polar surface area (TPSA) is 151 Å². The van der Waals surface area contributed by atoms with Crippen LogP contribution in [0.4, 0.5) is 0 Å². The minimum absolute atomic E-state index is 0.101. The van der Waals surface area contributed by atoms with Gasteiger partial charge in [0.1, 0.15) is 16.3 Å². The maximum atomic E-state index is 12.7. The molecule has 14 heteroatoms. The predicted molar refractivity (Wildman–Crippen MR) is 140 cm³/mol. The van der Waals surface area contributed by atoms with E-state index in [1.165, 1.54) is 13.0 Å². The van der Waals surface area contributed by atoms with Gasteiger partial charge in [0.2, 0.25) is 0 Å². The zero-order chi connectivity index (χ0) is 28.5. The van der Waals surface area contributed by atoms with E-state index >= 15 is 0 Å². The molecule has 0 aliphatic carbocycles. The number of aromatic carboxylic acids is 1. The number of carbonyl (C=O) groups excluding carboxylic acids is 2. The summed E-state index contributed by atoms with van der Waals surface area (Å²) in [6, 6.07) is 5.60. The number of rotatable bonds is 7. The van der Waals surface area contributed by atoms with Crippen molar-refractivity contribution in [1.29, 1.82) is 0 Å². The highest BCUT2D eigenvalue weighted by Crippen LogP contribution is 2.47. The Morgan fingerprint density at radius 1 is 0.816 bits per heavy atom. The summed E-state index contributed by atoms with van der Waals surface area (Å²) in [4.78, 5) is 37.4. The summed E-state index contributed by atoms with van der Waals surface area (Å²) in [6.07, 6.45) is 0. The number of hydrogen-bond donors (Lipinski definition) is 4. The number of benzene rings is 3. The van der Waals surface area contributed by atoms with E-state index in [9.17, 15) is 34.8 Å². The molecule has 3 aromatic carbocycles. The van der Waals surface area contributed by atoms with Crippen molar-refractivity contribution in [3.05, 3.63) is 77.7 Å². The highest BCUT2D eigenvalue weighted by Gasteiger charge is 2.32. The monoisotopic (exact) mass is 622 g/mol. The van der Waals surface area contributed by atoms with Gasteiger partial charge >= 0.3 is 17.9 Å². The summed E-state index contributed by atoms with van der Waals surface area (Å²) in [5.41, 5.74) is -1.18. The standard InChI is InChI=1S/C24H15Cl5O9/c1-8(7-37-23(35)10-5-12(26)19(31)13(27)6-10)15-16(22(33)34)21(18(29)20(32)17(15)28)38-24(36)9-2-3-14(30)11(25)4-9/h2-6,8,30-32H,7H2,1H3,(H,33,34). The molecule has 9 nitrogen and oxygen atoms in total. The number of ether oxygens (including phenoxy) is 2. The van der Waals surface area contributed by atoms with Crippen LogP contribution in [0, 0.1) is 0 Å². The number of hydrogen-bond acceptors (Lipinski definition) is 8. The smallest absolute Gasteiger partial charge is 0.343 e. The van der Waals surface area contributed by atoms with Gasteiger partial charge in [-0.1, -0.05) is 64.9 Å². The fraction of sp³-hybridized carbons (Fsp3) is 0.125. The molecule has 0 spiro atoms. The third kappa shape index (κ3) is 5.98. The Morgan fingerprint density at radius 2 is 1.39 bits per heavy atom. The summed E-state index contributed by atoms with van der Waals surface area (Å²) in [5, 5.41) is 37.9. The Kier molecular flexibility index (Phi) is 9.12. The molecule has 3 aromatic rings. The van der Waals surface area contributed by atoms with E-state index in [0.717, 1.165) is 24.3 Å². The van der Waals surface area contributed by atoms with E-state index in [-0.39, 0.29) is 37.5 Å². The van der Waals surface area contributed by atoms with Crippen LogP contribution in [0.2, 0.25) is 25.1 Å². The molecule has 0 radical (unpaired) electrons. The summed E-state index contributed by atoms with van der Waals surface area (Å²) in [5.74, 6) is -6.86. The Bertz CT molecular complexity index is 1450. The molecular weight excluding hydrogens is 610 g/mol. The number of esters is 2. The van der Waals surface area contributed by atoms with Gasteiger partial charge in [-0.3, -0.25) is 0 Å². The van der Waals surface area contributed by atoms with Crippen molar-refractivity contribution in [1.82, 2.24) is 0 Å². The highest BCUT2D eigenvalue weighted by molar-refractivity contribution is 6.40. The van der Waals surface area contributed by atoms with Gasteiger partial charge in [0.25, 0.3) is 0 Å². The Labute approximate surface area is 239 Å². The second-order valence-electron chi connectivity index (χ2n) is 7.74. The molecule has 200 valence electrons. The lowest BCUT2D eigenvalue weighted by molar-refractivity contribution is 0.0485. The van der Waals surface area contributed by atoms with E-state index in [1.54, 1.807) is 0 Å². The van der Waals surface area contributed by atoms with Crippen molar-refractivity contribution in [2.75, 3.05) is 6.61 Å². The zero-order valence-corrected chi connectivity index (χ0v) is 22.7. The number of halogens is 5. The number of aromatic hydroxyl groups is 3. The first kappa shape index (κ1) is 29.5. The normalized spacial score (nSPS) is 11.6. The third-order valence-electron chi connectivity index (χ3n) is 5.15. The Morgan fingerprint density at radius 3 is 1.95 bits per heavy atom. The van der Waals surface area contributed by atoms with Crippen molar-refractivity contribution in [2.24, 2.45) is 0 Å². The van der Waals surface area contributed by atoms with Gasteiger partial charge in [-0.25, -0.2) is 14.4 Å². The van der Waals surface area contributed by atoms with E-state index < -0.39 is 63.3 Å². The highest BCUT2D eigenvalue weighted by atomic mass is 35.5. The van der Waals surface area contributed by atoms with E-state index in [0.29, 0.717) is 0 Å². The third-order valence-corrected chi connectivity index (χ3v) is 6.76. The zero-order valence-electron chi connectivity index (χ0n) is 18.9. The molecule has 4 N–H and O–H groups in total. The molecule has 0 amide bonds. The average Bonchev–Trinajstić information content (AvgIpc) is 2.86. The minimum Gasteiger partial charge on any atom is -0.506 e. The Hall–Kier alpha value is -3.08. The summed E-state index contributed by atoms with van der Waals surface area (Å²) < 4.78 is 10.4. The molecular formula is C24H15Cl5O9. The number of carbonyl (C=O) groups is 3. The molecule has 38 heavy (non-hydrogen) atoms. The van der Waals surface area contributed by atoms with Gasteiger partial charge in [0.15, 0.2) is 17.2 Å². The Balaban J connectivity index is 1.97. The summed E-state index contributed by atoms with van der Waals surface area (Å²) >= 11 is 29.8. The van der Waals surface area contributed by atoms with Gasteiger partial charge in [0, 0.05) is 5.92 Å². The van der Waals surface area contributed by atoms with Gasteiger partial charge in [-0.15, -0.1) is 0 Å². The van der Waals surface area contributed by atoms with E-state index in [4.69, 9.17) is 67.5 Å². The molecule has 0 aliphatic rings. The number of carboxylic acid groups (broad SMARTS) is 1. The molecule has 0 fully saturated rings. The quantitative estimate of drug-likeness (QED) is 0.162. The lowest BCUT2D eigenvalue weighted by Gasteiger charge is -2.21. The lowest BCUT2D eigenvalue weighted by Crippen LogP contribution is -2.18. The SMILES string of the molecule is CC(COC(=O)c1cc(Cl)c(O)c(Cl)c1)c1c(Cl)c(O)c(Cl)c(OC(=O)c2ccc(O)c(Cl)c2)c1C(=O)O. The molecule has 1 atom stereocenters. The number of phenols is 3. The molecule has 0 bridgehead atoms. The molecule has 0 saturated heterocycles. The first-order valence-electron chi connectivity index (χ1n) is 10.3. The minimum atomic E-state index is -1.62. The fourth-order valence-corrected chi connectivity index (χ4v) is 4.60. The first-order chi connectivity index (χ1) is 17.7. The molecule has 0 heterocycles. The van der Waals surface area contributed by atoms with Crippen LogP contribution in [0.1, 0.15) is 49.5 Å². The van der Waals surface area contributed by atoms with Gasteiger partial charge in [0.05, 0.1) is 37.8 Å². The van der Waals surface area contributed by atoms with Crippen LogP contribution in [0.25, 0.3) is 0 Å². The van der Waals surface area contributed by atoms with Crippen LogP contribution in [-0.4, -0.2) is 44.9 Å². The van der Waals surface area contributed by atoms with Crippen LogP contribution in [-0.2, 0) is 4.74 Å². The largest absolute Gasteiger partial charge is 0.506 e. The molecule has 0 aromatic heterocycles. The summed E-state index contributed by atoms with van der Waals surface area (Å²) in [7, 11) is 0. The second kappa shape index (κ2) is 11.8. The molecule has 1 unspecified atom stereocenters.